The van der Waals surface area contributed by atoms with Crippen LogP contribution in [0, 0.1) is 5.92 Å². The van der Waals surface area contributed by atoms with Gasteiger partial charge in [-0.05, 0) is 30.7 Å². The summed E-state index contributed by atoms with van der Waals surface area (Å²) in [4.78, 5) is 27.1. The largest absolute Gasteiger partial charge is 0.381 e. The zero-order chi connectivity index (χ0) is 20.5. The number of para-hydroxylation sites is 1. The first-order chi connectivity index (χ1) is 14.7. The minimum Gasteiger partial charge on any atom is -0.381 e. The zero-order valence-corrected chi connectivity index (χ0v) is 17.1. The van der Waals surface area contributed by atoms with E-state index in [4.69, 9.17) is 4.74 Å². The van der Waals surface area contributed by atoms with Crippen LogP contribution < -0.4 is 21.1 Å². The Morgan fingerprint density at radius 1 is 1.03 bits per heavy atom. The lowest BCUT2D eigenvalue weighted by Gasteiger charge is -2.44. The second-order valence-electron chi connectivity index (χ2n) is 8.78. The van der Waals surface area contributed by atoms with E-state index < -0.39 is 6.03 Å². The second kappa shape index (κ2) is 8.24. The molecule has 1 aromatic carbocycles. The summed E-state index contributed by atoms with van der Waals surface area (Å²) in [6.45, 7) is 4.70. The smallest absolute Gasteiger partial charge is 0.323 e. The van der Waals surface area contributed by atoms with Gasteiger partial charge in [-0.2, -0.15) is 0 Å². The number of likely N-dealkylation sites (tertiary alicyclic amines) is 1. The fourth-order valence-corrected chi connectivity index (χ4v) is 5.44. The van der Waals surface area contributed by atoms with Gasteiger partial charge < -0.3 is 24.8 Å². The van der Waals surface area contributed by atoms with Gasteiger partial charge in [0.1, 0.15) is 5.69 Å². The van der Waals surface area contributed by atoms with Gasteiger partial charge in [0.2, 0.25) is 0 Å². The molecule has 1 aromatic heterocycles. The number of urea groups is 1. The van der Waals surface area contributed by atoms with Gasteiger partial charge >= 0.3 is 6.03 Å². The number of carbonyl (C=O) groups excluding carboxylic acids is 1. The average molecular weight is 410 g/mol. The Hall–Kier alpha value is -2.64. The van der Waals surface area contributed by atoms with E-state index in [0.29, 0.717) is 29.3 Å². The molecule has 0 aliphatic carbocycles. The van der Waals surface area contributed by atoms with Crippen molar-refractivity contribution in [2.75, 3.05) is 36.9 Å². The van der Waals surface area contributed by atoms with Crippen molar-refractivity contribution < 1.29 is 14.4 Å². The van der Waals surface area contributed by atoms with Crippen LogP contribution in [0.25, 0.3) is 0 Å². The number of piperidine rings is 1. The molecule has 2 saturated heterocycles. The summed E-state index contributed by atoms with van der Waals surface area (Å²) in [5.74, 6) is 0.926. The fourth-order valence-electron chi connectivity index (χ4n) is 5.44. The Balaban J connectivity index is 1.32. The molecular formula is C23H29N4O3+. The summed E-state index contributed by atoms with van der Waals surface area (Å²) in [5, 5.41) is 5.50. The van der Waals surface area contributed by atoms with E-state index in [9.17, 15) is 9.59 Å². The normalized spacial score (nSPS) is 25.9. The number of rotatable bonds is 3. The van der Waals surface area contributed by atoms with Crippen molar-refractivity contribution >= 4 is 17.4 Å². The van der Waals surface area contributed by atoms with Gasteiger partial charge in [-0.1, -0.05) is 18.2 Å². The summed E-state index contributed by atoms with van der Waals surface area (Å²) < 4.78 is 7.44. The number of aromatic nitrogens is 1. The van der Waals surface area contributed by atoms with Crippen molar-refractivity contribution in [3.63, 3.8) is 0 Å². The van der Waals surface area contributed by atoms with Crippen LogP contribution in [0.2, 0.25) is 0 Å². The fraction of sp³-hybridized carbons (Fsp3) is 0.478. The molecule has 30 heavy (non-hydrogen) atoms. The van der Waals surface area contributed by atoms with E-state index in [-0.39, 0.29) is 5.56 Å². The highest BCUT2D eigenvalue weighted by Gasteiger charge is 2.40. The van der Waals surface area contributed by atoms with Crippen LogP contribution in [0.4, 0.5) is 16.2 Å². The number of carbonyl (C=O) groups is 1. The first-order valence-electron chi connectivity index (χ1n) is 11.0. The van der Waals surface area contributed by atoms with Crippen molar-refractivity contribution in [2.24, 2.45) is 5.92 Å². The molecule has 158 valence electrons. The Bertz CT molecular complexity index is 968. The number of amides is 2. The topological polar surface area (TPSA) is 76.8 Å². The number of hydrogen-bond donors (Lipinski definition) is 3. The average Bonchev–Trinajstić information content (AvgIpc) is 2.77. The van der Waals surface area contributed by atoms with E-state index in [0.717, 1.165) is 57.8 Å². The first kappa shape index (κ1) is 19.3. The van der Waals surface area contributed by atoms with Crippen LogP contribution in [-0.2, 0) is 11.3 Å². The third kappa shape index (κ3) is 3.87. The number of benzene rings is 1. The van der Waals surface area contributed by atoms with E-state index in [1.165, 1.54) is 0 Å². The van der Waals surface area contributed by atoms with Gasteiger partial charge in [0.25, 0.3) is 5.56 Å². The molecule has 7 heteroatoms. The Labute approximate surface area is 176 Å². The highest BCUT2D eigenvalue weighted by Crippen LogP contribution is 2.31. The van der Waals surface area contributed by atoms with Crippen LogP contribution in [0.1, 0.15) is 30.9 Å². The van der Waals surface area contributed by atoms with E-state index in [2.05, 4.69) is 10.6 Å². The maximum absolute atomic E-state index is 13.1. The molecule has 2 amide bonds. The van der Waals surface area contributed by atoms with Gasteiger partial charge in [-0.25, -0.2) is 4.79 Å². The minimum absolute atomic E-state index is 0.0973. The summed E-state index contributed by atoms with van der Waals surface area (Å²) in [6.07, 6.45) is 3.44. The molecule has 3 aliphatic heterocycles. The van der Waals surface area contributed by atoms with Gasteiger partial charge in [-0.15, -0.1) is 0 Å². The number of nitrogens with zero attached hydrogens (tertiary/aromatic N) is 1. The molecule has 0 saturated carbocycles. The van der Waals surface area contributed by atoms with Crippen molar-refractivity contribution in [1.29, 1.82) is 0 Å². The Morgan fingerprint density at radius 3 is 2.63 bits per heavy atom. The lowest BCUT2D eigenvalue weighted by atomic mass is 9.82. The third-order valence-electron chi connectivity index (χ3n) is 6.82. The Kier molecular flexibility index (Phi) is 5.31. The maximum atomic E-state index is 13.1. The summed E-state index contributed by atoms with van der Waals surface area (Å²) in [5.41, 5.74) is 2.05. The molecule has 2 bridgehead atoms. The highest BCUT2D eigenvalue weighted by atomic mass is 16.5. The monoisotopic (exact) mass is 409 g/mol. The molecule has 3 N–H and O–H groups in total. The number of quaternary nitrogens is 1. The molecule has 3 aliphatic rings. The summed E-state index contributed by atoms with van der Waals surface area (Å²) in [7, 11) is 0. The molecule has 2 aromatic rings. The van der Waals surface area contributed by atoms with Crippen LogP contribution >= 0.6 is 0 Å². The van der Waals surface area contributed by atoms with Crippen molar-refractivity contribution in [2.45, 2.75) is 37.8 Å². The number of fused-ring (bicyclic) bond motifs is 4. The lowest BCUT2D eigenvalue weighted by molar-refractivity contribution is -0.937. The number of anilines is 2. The molecule has 3 atom stereocenters. The van der Waals surface area contributed by atoms with Crippen LogP contribution in [-0.4, -0.2) is 42.9 Å². The number of nitrogens with one attached hydrogen (secondary N) is 3. The third-order valence-corrected chi connectivity index (χ3v) is 6.82. The van der Waals surface area contributed by atoms with Crippen LogP contribution in [0.3, 0.4) is 0 Å². The predicted molar refractivity (Wildman–Crippen MR) is 115 cm³/mol. The number of ether oxygens (including phenoxy) is 1. The molecular weight excluding hydrogens is 380 g/mol. The van der Waals surface area contributed by atoms with E-state index in [1.807, 2.05) is 41.0 Å². The van der Waals surface area contributed by atoms with Crippen LogP contribution in [0.15, 0.2) is 47.3 Å². The standard InChI is InChI=1S/C23H28N4O3/c28-22-20(25-23(29)24-18-4-2-1-3-5-18)6-7-21-17-12-16(14-27(21)22)13-26(15-17)19-8-10-30-11-9-19/h1-7,16-17,19H,8-15H2,(H2,24,25,29)/p+1/t16-,17+/m0/s1. The SMILES string of the molecule is O=C(Nc1ccccc1)Nc1ccc2n(c1=O)C[C@H]1C[C@@H]2C[NH+](C2CCOCC2)C1. The van der Waals surface area contributed by atoms with Gasteiger partial charge in [0.15, 0.2) is 0 Å². The van der Waals surface area contributed by atoms with Crippen molar-refractivity contribution in [3.05, 3.63) is 58.5 Å². The minimum atomic E-state index is -0.398. The quantitative estimate of drug-likeness (QED) is 0.722. The molecule has 5 rings (SSSR count). The number of pyridine rings is 1. The van der Waals surface area contributed by atoms with Crippen molar-refractivity contribution in [1.82, 2.24) is 4.57 Å². The van der Waals surface area contributed by atoms with Gasteiger partial charge in [0, 0.05) is 42.6 Å². The second-order valence-corrected chi connectivity index (χ2v) is 8.78. The van der Waals surface area contributed by atoms with Crippen LogP contribution in [0.5, 0.6) is 0 Å². The molecule has 4 heterocycles. The van der Waals surface area contributed by atoms with Crippen molar-refractivity contribution in [3.8, 4) is 0 Å². The predicted octanol–water partition coefficient (Wildman–Crippen LogP) is 1.67. The zero-order valence-electron chi connectivity index (χ0n) is 17.1. The van der Waals surface area contributed by atoms with E-state index in [1.54, 1.807) is 11.0 Å². The molecule has 7 nitrogen and oxygen atoms in total. The van der Waals surface area contributed by atoms with Gasteiger partial charge in [0.05, 0.1) is 32.3 Å². The van der Waals surface area contributed by atoms with E-state index >= 15 is 0 Å². The molecule has 0 spiro atoms. The number of hydrogen-bond acceptors (Lipinski definition) is 3. The molecule has 0 radical (unpaired) electrons. The molecule has 1 unspecified atom stereocenters. The summed E-state index contributed by atoms with van der Waals surface area (Å²) >= 11 is 0. The van der Waals surface area contributed by atoms with Gasteiger partial charge in [-0.3, -0.25) is 4.79 Å². The molecule has 2 fully saturated rings. The lowest BCUT2D eigenvalue weighted by Crippen LogP contribution is -3.18. The first-order valence-corrected chi connectivity index (χ1v) is 11.0. The summed E-state index contributed by atoms with van der Waals surface area (Å²) in [6, 6.07) is 13.3. The highest BCUT2D eigenvalue weighted by molar-refractivity contribution is 5.99. The Morgan fingerprint density at radius 2 is 1.83 bits per heavy atom. The maximum Gasteiger partial charge on any atom is 0.323 e.